The molecule has 0 bridgehead atoms. The van der Waals surface area contributed by atoms with E-state index >= 15 is 0 Å². The Balaban J connectivity index is 1.48. The zero-order chi connectivity index (χ0) is 17.9. The summed E-state index contributed by atoms with van der Waals surface area (Å²) in [6, 6.07) is 7.50. The molecular formula is C19H23N5O2. The van der Waals surface area contributed by atoms with Crippen molar-refractivity contribution in [3.8, 4) is 0 Å². The maximum atomic E-state index is 12.6. The van der Waals surface area contributed by atoms with Gasteiger partial charge in [-0.25, -0.2) is 4.68 Å². The quantitative estimate of drug-likeness (QED) is 0.830. The summed E-state index contributed by atoms with van der Waals surface area (Å²) in [6.07, 6.45) is 9.05. The molecule has 1 aromatic heterocycles. The van der Waals surface area contributed by atoms with Gasteiger partial charge in [-0.2, -0.15) is 0 Å². The highest BCUT2D eigenvalue weighted by Gasteiger charge is 2.27. The predicted octanol–water partition coefficient (Wildman–Crippen LogP) is 2.99. The second-order valence-corrected chi connectivity index (χ2v) is 7.09. The van der Waals surface area contributed by atoms with Gasteiger partial charge >= 0.3 is 0 Å². The minimum absolute atomic E-state index is 0.101. The molecule has 1 fully saturated rings. The number of nitrogens with zero attached hydrogens (tertiary/aromatic N) is 3. The van der Waals surface area contributed by atoms with Crippen molar-refractivity contribution < 1.29 is 9.59 Å². The third kappa shape index (κ3) is 3.47. The predicted molar refractivity (Wildman–Crippen MR) is 96.7 cm³/mol. The number of hydrogen-bond acceptors (Lipinski definition) is 4. The van der Waals surface area contributed by atoms with E-state index in [0.29, 0.717) is 11.7 Å². The number of nitrogens with one attached hydrogen (secondary N) is 2. The SMILES string of the molecule is O=C1C[C@H](NC(=O)c2cn(C3CCCCCC3)nn2)c2ccccc2N1. The van der Waals surface area contributed by atoms with Crippen LogP contribution in [0.1, 0.15) is 73.1 Å². The van der Waals surface area contributed by atoms with Crippen LogP contribution < -0.4 is 10.6 Å². The summed E-state index contributed by atoms with van der Waals surface area (Å²) >= 11 is 0. The Bertz CT molecular complexity index is 808. The molecule has 1 saturated carbocycles. The van der Waals surface area contributed by atoms with Gasteiger partial charge in [0.2, 0.25) is 5.91 Å². The van der Waals surface area contributed by atoms with E-state index in [-0.39, 0.29) is 24.3 Å². The van der Waals surface area contributed by atoms with E-state index in [1.807, 2.05) is 28.9 Å². The Morgan fingerprint density at radius 1 is 1.15 bits per heavy atom. The second-order valence-electron chi connectivity index (χ2n) is 7.09. The molecule has 2 amide bonds. The lowest BCUT2D eigenvalue weighted by atomic mass is 9.97. The standard InChI is InChI=1S/C19H23N5O2/c25-18-11-16(14-9-5-6-10-15(14)20-18)21-19(26)17-12-24(23-22-17)13-7-3-1-2-4-8-13/h5-6,9-10,12-13,16H,1-4,7-8,11H2,(H,20,25)(H,21,26)/t16-/m0/s1. The topological polar surface area (TPSA) is 88.9 Å². The second kappa shape index (κ2) is 7.27. The van der Waals surface area contributed by atoms with Crippen LogP contribution in [-0.4, -0.2) is 26.8 Å². The van der Waals surface area contributed by atoms with Gasteiger partial charge in [-0.3, -0.25) is 9.59 Å². The monoisotopic (exact) mass is 353 g/mol. The number of rotatable bonds is 3. The van der Waals surface area contributed by atoms with Crippen LogP contribution in [0.4, 0.5) is 5.69 Å². The molecule has 0 saturated heterocycles. The fourth-order valence-electron chi connectivity index (χ4n) is 3.85. The van der Waals surface area contributed by atoms with Crippen LogP contribution in [0.5, 0.6) is 0 Å². The van der Waals surface area contributed by atoms with E-state index in [4.69, 9.17) is 0 Å². The summed E-state index contributed by atoms with van der Waals surface area (Å²) < 4.78 is 1.84. The molecule has 2 aromatic rings. The molecule has 0 radical (unpaired) electrons. The Hall–Kier alpha value is -2.70. The van der Waals surface area contributed by atoms with Crippen molar-refractivity contribution in [2.45, 2.75) is 57.0 Å². The summed E-state index contributed by atoms with van der Waals surface area (Å²) in [5.41, 5.74) is 1.96. The van der Waals surface area contributed by atoms with Crippen molar-refractivity contribution in [3.05, 3.63) is 41.7 Å². The van der Waals surface area contributed by atoms with Gasteiger partial charge in [0.1, 0.15) is 0 Å². The molecule has 1 atom stereocenters. The molecule has 2 N–H and O–H groups in total. The van der Waals surface area contributed by atoms with Crippen LogP contribution in [0.25, 0.3) is 0 Å². The molecule has 4 rings (SSSR count). The number of aromatic nitrogens is 3. The molecule has 1 aromatic carbocycles. The van der Waals surface area contributed by atoms with Crippen molar-refractivity contribution in [2.75, 3.05) is 5.32 Å². The first-order valence-corrected chi connectivity index (χ1v) is 9.32. The molecule has 1 aliphatic carbocycles. The van der Waals surface area contributed by atoms with Crippen LogP contribution in [0.2, 0.25) is 0 Å². The third-order valence-corrected chi connectivity index (χ3v) is 5.25. The lowest BCUT2D eigenvalue weighted by molar-refractivity contribution is -0.116. The van der Waals surface area contributed by atoms with Gasteiger partial charge in [0.15, 0.2) is 5.69 Å². The Morgan fingerprint density at radius 2 is 1.92 bits per heavy atom. The summed E-state index contributed by atoms with van der Waals surface area (Å²) in [5, 5.41) is 14.0. The fourth-order valence-corrected chi connectivity index (χ4v) is 3.85. The van der Waals surface area contributed by atoms with Crippen molar-refractivity contribution in [3.63, 3.8) is 0 Å². The van der Waals surface area contributed by atoms with Crippen molar-refractivity contribution in [1.82, 2.24) is 20.3 Å². The van der Waals surface area contributed by atoms with Crippen LogP contribution >= 0.6 is 0 Å². The van der Waals surface area contributed by atoms with Crippen molar-refractivity contribution in [1.29, 1.82) is 0 Å². The molecular weight excluding hydrogens is 330 g/mol. The van der Waals surface area contributed by atoms with Gasteiger partial charge in [0.05, 0.1) is 24.7 Å². The first kappa shape index (κ1) is 16.8. The van der Waals surface area contributed by atoms with E-state index < -0.39 is 0 Å². The van der Waals surface area contributed by atoms with Crippen LogP contribution in [0.3, 0.4) is 0 Å². The zero-order valence-electron chi connectivity index (χ0n) is 14.6. The number of benzene rings is 1. The number of anilines is 1. The molecule has 1 aliphatic heterocycles. The van der Waals surface area contributed by atoms with Gasteiger partial charge in [0.25, 0.3) is 5.91 Å². The molecule has 26 heavy (non-hydrogen) atoms. The molecule has 136 valence electrons. The Morgan fingerprint density at radius 3 is 2.73 bits per heavy atom. The number of amides is 2. The highest BCUT2D eigenvalue weighted by Crippen LogP contribution is 2.30. The van der Waals surface area contributed by atoms with Gasteiger partial charge < -0.3 is 10.6 Å². The van der Waals surface area contributed by atoms with Gasteiger partial charge in [-0.05, 0) is 24.5 Å². The normalized spacial score (nSPS) is 20.8. The van der Waals surface area contributed by atoms with Crippen LogP contribution in [0.15, 0.2) is 30.5 Å². The van der Waals surface area contributed by atoms with Gasteiger partial charge in [-0.15, -0.1) is 5.10 Å². The first-order valence-electron chi connectivity index (χ1n) is 9.32. The summed E-state index contributed by atoms with van der Waals surface area (Å²) in [5.74, 6) is -0.393. The largest absolute Gasteiger partial charge is 0.343 e. The number of carbonyl (C=O) groups is 2. The smallest absolute Gasteiger partial charge is 0.273 e. The van der Waals surface area contributed by atoms with Crippen molar-refractivity contribution in [2.24, 2.45) is 0 Å². The molecule has 0 spiro atoms. The third-order valence-electron chi connectivity index (χ3n) is 5.25. The maximum absolute atomic E-state index is 12.6. The molecule has 7 heteroatoms. The van der Waals surface area contributed by atoms with Crippen LogP contribution in [0, 0.1) is 0 Å². The van der Waals surface area contributed by atoms with Gasteiger partial charge in [-0.1, -0.05) is 49.1 Å². The van der Waals surface area contributed by atoms with E-state index in [1.54, 1.807) is 6.20 Å². The Kier molecular flexibility index (Phi) is 4.69. The number of carbonyl (C=O) groups excluding carboxylic acids is 2. The molecule has 0 unspecified atom stereocenters. The van der Waals surface area contributed by atoms with E-state index in [1.165, 1.54) is 25.7 Å². The minimum atomic E-state index is -0.351. The molecule has 2 heterocycles. The fraction of sp³-hybridized carbons (Fsp3) is 0.474. The van der Waals surface area contributed by atoms with Crippen molar-refractivity contribution >= 4 is 17.5 Å². The zero-order valence-corrected chi connectivity index (χ0v) is 14.6. The average Bonchev–Trinajstić information content (AvgIpc) is 2.97. The van der Waals surface area contributed by atoms with E-state index in [9.17, 15) is 9.59 Å². The number of fused-ring (bicyclic) bond motifs is 1. The average molecular weight is 353 g/mol. The van der Waals surface area contributed by atoms with Gasteiger partial charge in [0, 0.05) is 5.69 Å². The van der Waals surface area contributed by atoms with E-state index in [0.717, 1.165) is 24.1 Å². The summed E-state index contributed by atoms with van der Waals surface area (Å²) in [4.78, 5) is 24.5. The Labute approximate surface area is 152 Å². The first-order chi connectivity index (χ1) is 12.7. The molecule has 7 nitrogen and oxygen atoms in total. The highest BCUT2D eigenvalue weighted by atomic mass is 16.2. The lowest BCUT2D eigenvalue weighted by Gasteiger charge is -2.25. The number of hydrogen-bond donors (Lipinski definition) is 2. The lowest BCUT2D eigenvalue weighted by Crippen LogP contribution is -2.35. The van der Waals surface area contributed by atoms with Crippen LogP contribution in [-0.2, 0) is 4.79 Å². The number of para-hydroxylation sites is 1. The highest BCUT2D eigenvalue weighted by molar-refractivity contribution is 5.97. The maximum Gasteiger partial charge on any atom is 0.273 e. The summed E-state index contributed by atoms with van der Waals surface area (Å²) in [6.45, 7) is 0. The summed E-state index contributed by atoms with van der Waals surface area (Å²) in [7, 11) is 0. The van der Waals surface area contributed by atoms with E-state index in [2.05, 4.69) is 20.9 Å². The molecule has 2 aliphatic rings. The minimum Gasteiger partial charge on any atom is -0.343 e.